The normalized spacial score (nSPS) is 10.5. The maximum absolute atomic E-state index is 5.72. The second-order valence-corrected chi connectivity index (χ2v) is 2.72. The Kier molecular flexibility index (Phi) is 1.62. The van der Waals surface area contributed by atoms with Crippen LogP contribution in [0.2, 0.25) is 5.02 Å². The number of aromatic nitrogens is 3. The summed E-state index contributed by atoms with van der Waals surface area (Å²) in [6, 6.07) is 1.75. The second kappa shape index (κ2) is 2.64. The molecule has 2 rings (SSSR count). The number of hydrogen-bond donors (Lipinski definition) is 1. The molecule has 1 N–H and O–H groups in total. The topological polar surface area (TPSA) is 50.8 Å². The molecule has 0 bridgehead atoms. The molecule has 0 radical (unpaired) electrons. The molecule has 4 nitrogen and oxygen atoms in total. The van der Waals surface area contributed by atoms with Gasteiger partial charge in [-0.05, 0) is 6.07 Å². The van der Waals surface area contributed by atoms with E-state index in [1.165, 1.54) is 0 Å². The van der Waals surface area contributed by atoms with Gasteiger partial charge in [-0.25, -0.2) is 4.98 Å². The largest absolute Gasteiger partial charge is 0.478 e. The predicted molar refractivity (Wildman–Crippen MR) is 45.5 cm³/mol. The molecular formula is C7H6ClN3O. The Hall–Kier alpha value is -1.29. The fourth-order valence-corrected chi connectivity index (χ4v) is 1.16. The zero-order chi connectivity index (χ0) is 8.55. The van der Waals surface area contributed by atoms with Crippen LogP contribution in [0.5, 0.6) is 5.88 Å². The minimum absolute atomic E-state index is 0.488. The predicted octanol–water partition coefficient (Wildman–Crippen LogP) is 1.62. The van der Waals surface area contributed by atoms with Crippen LogP contribution in [0.1, 0.15) is 0 Å². The van der Waals surface area contributed by atoms with Crippen molar-refractivity contribution < 1.29 is 4.74 Å². The zero-order valence-corrected chi connectivity index (χ0v) is 7.09. The molecule has 0 fully saturated rings. The van der Waals surface area contributed by atoms with E-state index in [2.05, 4.69) is 15.2 Å². The van der Waals surface area contributed by atoms with Gasteiger partial charge in [0, 0.05) is 6.20 Å². The van der Waals surface area contributed by atoms with E-state index < -0.39 is 0 Å². The lowest BCUT2D eigenvalue weighted by Crippen LogP contribution is -1.83. The summed E-state index contributed by atoms with van der Waals surface area (Å²) >= 11 is 5.72. The lowest BCUT2D eigenvalue weighted by atomic mass is 10.4. The van der Waals surface area contributed by atoms with E-state index >= 15 is 0 Å². The summed E-state index contributed by atoms with van der Waals surface area (Å²) < 4.78 is 4.96. The van der Waals surface area contributed by atoms with Gasteiger partial charge in [-0.15, -0.1) is 5.10 Å². The molecule has 0 aliphatic heterocycles. The fraction of sp³-hybridized carbons (Fsp3) is 0.143. The molecule has 0 amide bonds. The number of fused-ring (bicyclic) bond motifs is 1. The molecule has 0 saturated heterocycles. The number of ether oxygens (including phenoxy) is 1. The SMILES string of the molecule is COc1n[nH]c2cc(Cl)cnc12. The quantitative estimate of drug-likeness (QED) is 0.731. The van der Waals surface area contributed by atoms with Crippen molar-refractivity contribution in [1.82, 2.24) is 15.2 Å². The first-order valence-electron chi connectivity index (χ1n) is 3.35. The monoisotopic (exact) mass is 183 g/mol. The maximum atomic E-state index is 5.72. The van der Waals surface area contributed by atoms with Crippen molar-refractivity contribution in [2.24, 2.45) is 0 Å². The van der Waals surface area contributed by atoms with Gasteiger partial charge in [-0.3, -0.25) is 5.10 Å². The molecule has 0 aliphatic carbocycles. The molecule has 0 saturated carbocycles. The van der Waals surface area contributed by atoms with Gasteiger partial charge in [0.2, 0.25) is 0 Å². The zero-order valence-electron chi connectivity index (χ0n) is 6.34. The van der Waals surface area contributed by atoms with Gasteiger partial charge in [0.05, 0.1) is 17.6 Å². The van der Waals surface area contributed by atoms with Crippen LogP contribution in [0, 0.1) is 0 Å². The third kappa shape index (κ3) is 1.00. The number of halogens is 1. The number of aromatic amines is 1. The van der Waals surface area contributed by atoms with E-state index in [-0.39, 0.29) is 0 Å². The molecule has 2 heterocycles. The van der Waals surface area contributed by atoms with Crippen LogP contribution in [0.25, 0.3) is 11.0 Å². The molecule has 0 unspecified atom stereocenters. The van der Waals surface area contributed by atoms with Crippen molar-refractivity contribution in [1.29, 1.82) is 0 Å². The van der Waals surface area contributed by atoms with Gasteiger partial charge in [0.15, 0.2) is 5.52 Å². The van der Waals surface area contributed by atoms with Crippen molar-refractivity contribution >= 4 is 22.6 Å². The molecule has 62 valence electrons. The molecule has 0 atom stereocenters. The van der Waals surface area contributed by atoms with Crippen molar-refractivity contribution in [3.63, 3.8) is 0 Å². The summed E-state index contributed by atoms with van der Waals surface area (Å²) in [7, 11) is 1.55. The van der Waals surface area contributed by atoms with Crippen LogP contribution in [-0.2, 0) is 0 Å². The first-order chi connectivity index (χ1) is 5.81. The number of H-pyrrole nitrogens is 1. The van der Waals surface area contributed by atoms with Crippen molar-refractivity contribution in [3.8, 4) is 5.88 Å². The van der Waals surface area contributed by atoms with Gasteiger partial charge < -0.3 is 4.74 Å². The van der Waals surface area contributed by atoms with Crippen molar-refractivity contribution in [3.05, 3.63) is 17.3 Å². The molecular weight excluding hydrogens is 178 g/mol. The van der Waals surface area contributed by atoms with Crippen LogP contribution in [0.15, 0.2) is 12.3 Å². The summed E-state index contributed by atoms with van der Waals surface area (Å²) in [5.41, 5.74) is 1.47. The number of nitrogens with zero attached hydrogens (tertiary/aromatic N) is 2. The number of nitrogens with one attached hydrogen (secondary N) is 1. The minimum atomic E-state index is 0.488. The highest BCUT2D eigenvalue weighted by atomic mass is 35.5. The lowest BCUT2D eigenvalue weighted by molar-refractivity contribution is 0.400. The molecule has 0 aliphatic rings. The fourth-order valence-electron chi connectivity index (χ4n) is 1.00. The van der Waals surface area contributed by atoms with E-state index in [0.29, 0.717) is 16.4 Å². The first kappa shape index (κ1) is 7.36. The van der Waals surface area contributed by atoms with Crippen LogP contribution < -0.4 is 4.74 Å². The highest BCUT2D eigenvalue weighted by molar-refractivity contribution is 6.31. The molecule has 5 heteroatoms. The van der Waals surface area contributed by atoms with Crippen molar-refractivity contribution in [2.45, 2.75) is 0 Å². The average molecular weight is 184 g/mol. The minimum Gasteiger partial charge on any atom is -0.478 e. The van der Waals surface area contributed by atoms with E-state index in [1.807, 2.05) is 0 Å². The summed E-state index contributed by atoms with van der Waals surface area (Å²) in [6.45, 7) is 0. The van der Waals surface area contributed by atoms with Gasteiger partial charge in [-0.2, -0.15) is 0 Å². The third-order valence-corrected chi connectivity index (χ3v) is 1.73. The Morgan fingerprint density at radius 2 is 2.42 bits per heavy atom. The van der Waals surface area contributed by atoms with Crippen LogP contribution >= 0.6 is 11.6 Å². The van der Waals surface area contributed by atoms with Gasteiger partial charge in [-0.1, -0.05) is 11.6 Å². The molecule has 2 aromatic heterocycles. The van der Waals surface area contributed by atoms with Crippen LogP contribution in [0.4, 0.5) is 0 Å². The van der Waals surface area contributed by atoms with Crippen LogP contribution in [0.3, 0.4) is 0 Å². The highest BCUT2D eigenvalue weighted by Gasteiger charge is 2.06. The number of rotatable bonds is 1. The average Bonchev–Trinajstić information content (AvgIpc) is 2.46. The molecule has 12 heavy (non-hydrogen) atoms. The van der Waals surface area contributed by atoms with E-state index in [9.17, 15) is 0 Å². The van der Waals surface area contributed by atoms with E-state index in [0.717, 1.165) is 5.52 Å². The smallest absolute Gasteiger partial charge is 0.259 e. The number of hydrogen-bond acceptors (Lipinski definition) is 3. The summed E-state index contributed by atoms with van der Waals surface area (Å²) in [4.78, 5) is 4.06. The van der Waals surface area contributed by atoms with E-state index in [1.54, 1.807) is 19.4 Å². The Bertz CT molecular complexity index is 412. The number of pyridine rings is 1. The standard InChI is InChI=1S/C7H6ClN3O/c1-12-7-6-5(10-11-7)2-4(8)3-9-6/h2-3H,1H3,(H,10,11). The summed E-state index contributed by atoms with van der Waals surface area (Å²) in [6.07, 6.45) is 1.56. The van der Waals surface area contributed by atoms with Gasteiger partial charge >= 0.3 is 0 Å². The molecule has 2 aromatic rings. The molecule has 0 aromatic carbocycles. The molecule has 0 spiro atoms. The Morgan fingerprint density at radius 1 is 1.58 bits per heavy atom. The van der Waals surface area contributed by atoms with Crippen LogP contribution in [-0.4, -0.2) is 22.3 Å². The van der Waals surface area contributed by atoms with Crippen molar-refractivity contribution in [2.75, 3.05) is 7.11 Å². The summed E-state index contributed by atoms with van der Waals surface area (Å²) in [5.74, 6) is 0.488. The Balaban J connectivity index is 2.73. The van der Waals surface area contributed by atoms with Gasteiger partial charge in [0.25, 0.3) is 5.88 Å². The summed E-state index contributed by atoms with van der Waals surface area (Å²) in [5, 5.41) is 7.22. The Morgan fingerprint density at radius 3 is 3.17 bits per heavy atom. The Labute approximate surface area is 73.5 Å². The second-order valence-electron chi connectivity index (χ2n) is 2.28. The first-order valence-corrected chi connectivity index (χ1v) is 3.72. The van der Waals surface area contributed by atoms with Gasteiger partial charge in [0.1, 0.15) is 0 Å². The lowest BCUT2D eigenvalue weighted by Gasteiger charge is -1.92. The third-order valence-electron chi connectivity index (χ3n) is 1.53. The number of methoxy groups -OCH3 is 1. The highest BCUT2D eigenvalue weighted by Crippen LogP contribution is 2.21. The van der Waals surface area contributed by atoms with E-state index in [4.69, 9.17) is 16.3 Å². The maximum Gasteiger partial charge on any atom is 0.259 e.